The molecule has 4 nitrogen and oxygen atoms in total. The zero-order valence-corrected chi connectivity index (χ0v) is 10.3. The second kappa shape index (κ2) is 3.82. The summed E-state index contributed by atoms with van der Waals surface area (Å²) in [6.45, 7) is 0.907. The van der Waals surface area contributed by atoms with Gasteiger partial charge in [0.2, 0.25) is 0 Å². The Labute approximate surface area is 110 Å². The molecule has 0 fully saturated rings. The molecule has 0 bridgehead atoms. The van der Waals surface area contributed by atoms with Gasteiger partial charge < -0.3 is 9.64 Å². The molecule has 0 saturated carbocycles. The van der Waals surface area contributed by atoms with Crippen molar-refractivity contribution in [1.29, 1.82) is 0 Å². The van der Waals surface area contributed by atoms with Crippen molar-refractivity contribution in [3.8, 4) is 16.9 Å². The standard InChI is InChI=1S/C15H12N2O2/c18-14-9-19-13-7-12(11-2-1-4-16-8-11)6-10-3-5-17(14)15(10)13/h1-2,4,6-8H,3,5,9H2. The molecular weight excluding hydrogens is 240 g/mol. The third kappa shape index (κ3) is 1.53. The lowest BCUT2D eigenvalue weighted by Gasteiger charge is -2.26. The van der Waals surface area contributed by atoms with E-state index in [0.717, 1.165) is 35.5 Å². The highest BCUT2D eigenvalue weighted by atomic mass is 16.5. The zero-order chi connectivity index (χ0) is 12.8. The molecule has 1 aromatic carbocycles. The summed E-state index contributed by atoms with van der Waals surface area (Å²) in [6, 6.07) is 8.09. The summed E-state index contributed by atoms with van der Waals surface area (Å²) in [7, 11) is 0. The predicted octanol–water partition coefficient (Wildman–Crippen LogP) is 2.03. The van der Waals surface area contributed by atoms with E-state index in [4.69, 9.17) is 4.74 Å². The van der Waals surface area contributed by atoms with Crippen molar-refractivity contribution in [2.45, 2.75) is 6.42 Å². The van der Waals surface area contributed by atoms with Gasteiger partial charge in [-0.2, -0.15) is 0 Å². The third-order valence-electron chi connectivity index (χ3n) is 3.68. The summed E-state index contributed by atoms with van der Waals surface area (Å²) < 4.78 is 5.58. The normalized spacial score (nSPS) is 16.2. The first-order valence-corrected chi connectivity index (χ1v) is 6.33. The number of rotatable bonds is 1. The molecule has 0 radical (unpaired) electrons. The second-order valence-corrected chi connectivity index (χ2v) is 4.81. The first kappa shape index (κ1) is 10.6. The summed E-state index contributed by atoms with van der Waals surface area (Å²) in [5.41, 5.74) is 4.31. The molecule has 94 valence electrons. The van der Waals surface area contributed by atoms with Gasteiger partial charge in [-0.25, -0.2) is 0 Å². The molecule has 0 N–H and O–H groups in total. The molecular formula is C15H12N2O2. The van der Waals surface area contributed by atoms with Crippen LogP contribution in [0.15, 0.2) is 36.7 Å². The monoisotopic (exact) mass is 252 g/mol. The minimum Gasteiger partial charge on any atom is -0.482 e. The van der Waals surface area contributed by atoms with E-state index in [1.165, 1.54) is 5.56 Å². The van der Waals surface area contributed by atoms with Gasteiger partial charge in [0.05, 0.1) is 5.69 Å². The van der Waals surface area contributed by atoms with Crippen LogP contribution in [0, 0.1) is 0 Å². The van der Waals surface area contributed by atoms with Crippen LogP contribution in [0.5, 0.6) is 5.75 Å². The average Bonchev–Trinajstić information content (AvgIpc) is 2.89. The van der Waals surface area contributed by atoms with E-state index in [0.29, 0.717) is 0 Å². The van der Waals surface area contributed by atoms with Crippen LogP contribution >= 0.6 is 0 Å². The number of hydrogen-bond donors (Lipinski definition) is 0. The Bertz CT molecular complexity index is 667. The molecule has 0 saturated heterocycles. The van der Waals surface area contributed by atoms with Gasteiger partial charge in [-0.1, -0.05) is 6.07 Å². The lowest BCUT2D eigenvalue weighted by Crippen LogP contribution is -2.36. The Morgan fingerprint density at radius 2 is 2.21 bits per heavy atom. The Hall–Kier alpha value is -2.36. The van der Waals surface area contributed by atoms with Gasteiger partial charge in [-0.15, -0.1) is 0 Å². The Morgan fingerprint density at radius 1 is 1.26 bits per heavy atom. The first-order valence-electron chi connectivity index (χ1n) is 6.33. The van der Waals surface area contributed by atoms with Gasteiger partial charge in [0.15, 0.2) is 6.61 Å². The highest BCUT2D eigenvalue weighted by Gasteiger charge is 2.32. The maximum atomic E-state index is 11.8. The molecule has 0 atom stereocenters. The number of nitrogens with zero attached hydrogens (tertiary/aromatic N) is 2. The Morgan fingerprint density at radius 3 is 3.05 bits per heavy atom. The number of ether oxygens (including phenoxy) is 1. The van der Waals surface area contributed by atoms with Crippen LogP contribution in [-0.4, -0.2) is 24.0 Å². The fraction of sp³-hybridized carbons (Fsp3) is 0.200. The highest BCUT2D eigenvalue weighted by molar-refractivity contribution is 6.00. The maximum absolute atomic E-state index is 11.8. The molecule has 19 heavy (non-hydrogen) atoms. The van der Waals surface area contributed by atoms with Crippen molar-refractivity contribution >= 4 is 11.6 Å². The number of aromatic nitrogens is 1. The minimum atomic E-state index is 0.0559. The lowest BCUT2D eigenvalue weighted by molar-refractivity contribution is -0.121. The molecule has 1 aromatic heterocycles. The van der Waals surface area contributed by atoms with Gasteiger partial charge in [0.25, 0.3) is 5.91 Å². The van der Waals surface area contributed by atoms with E-state index in [2.05, 4.69) is 11.1 Å². The van der Waals surface area contributed by atoms with Crippen LogP contribution in [-0.2, 0) is 11.2 Å². The topological polar surface area (TPSA) is 42.4 Å². The number of carbonyl (C=O) groups is 1. The van der Waals surface area contributed by atoms with E-state index in [9.17, 15) is 4.79 Å². The van der Waals surface area contributed by atoms with Crippen molar-refractivity contribution in [2.24, 2.45) is 0 Å². The Balaban J connectivity index is 1.89. The SMILES string of the molecule is O=C1COc2cc(-c3cccnc3)cc3c2N1CC3. The minimum absolute atomic E-state index is 0.0559. The van der Waals surface area contributed by atoms with E-state index < -0.39 is 0 Å². The summed E-state index contributed by atoms with van der Waals surface area (Å²) in [5.74, 6) is 0.869. The van der Waals surface area contributed by atoms with Crippen molar-refractivity contribution in [2.75, 3.05) is 18.1 Å². The summed E-state index contributed by atoms with van der Waals surface area (Å²) in [5, 5.41) is 0. The summed E-state index contributed by atoms with van der Waals surface area (Å²) >= 11 is 0. The largest absolute Gasteiger partial charge is 0.482 e. The van der Waals surface area contributed by atoms with E-state index >= 15 is 0 Å². The first-order chi connectivity index (χ1) is 9.33. The molecule has 2 aromatic rings. The van der Waals surface area contributed by atoms with Crippen LogP contribution in [0.4, 0.5) is 5.69 Å². The smallest absolute Gasteiger partial charge is 0.265 e. The quantitative estimate of drug-likeness (QED) is 0.780. The fourth-order valence-electron chi connectivity index (χ4n) is 2.78. The molecule has 4 heteroatoms. The van der Waals surface area contributed by atoms with Gasteiger partial charge in [0.1, 0.15) is 5.75 Å². The molecule has 4 rings (SSSR count). The van der Waals surface area contributed by atoms with Crippen LogP contribution in [0.1, 0.15) is 5.56 Å². The molecule has 0 spiro atoms. The number of hydrogen-bond acceptors (Lipinski definition) is 3. The molecule has 1 amide bonds. The second-order valence-electron chi connectivity index (χ2n) is 4.81. The van der Waals surface area contributed by atoms with Crippen LogP contribution in [0.2, 0.25) is 0 Å². The van der Waals surface area contributed by atoms with E-state index in [1.807, 2.05) is 29.3 Å². The molecule has 2 aliphatic rings. The highest BCUT2D eigenvalue weighted by Crippen LogP contribution is 2.42. The van der Waals surface area contributed by atoms with Gasteiger partial charge >= 0.3 is 0 Å². The van der Waals surface area contributed by atoms with Crippen molar-refractivity contribution in [1.82, 2.24) is 4.98 Å². The third-order valence-corrected chi connectivity index (χ3v) is 3.68. The lowest BCUT2D eigenvalue weighted by atomic mass is 10.0. The molecule has 0 unspecified atom stereocenters. The average molecular weight is 252 g/mol. The predicted molar refractivity (Wildman–Crippen MR) is 71.2 cm³/mol. The number of amides is 1. The van der Waals surface area contributed by atoms with Crippen molar-refractivity contribution in [3.05, 3.63) is 42.2 Å². The number of anilines is 1. The van der Waals surface area contributed by atoms with Crippen LogP contribution < -0.4 is 9.64 Å². The zero-order valence-electron chi connectivity index (χ0n) is 10.3. The van der Waals surface area contributed by atoms with E-state index in [1.54, 1.807) is 6.20 Å². The van der Waals surface area contributed by atoms with Gasteiger partial charge in [0, 0.05) is 24.5 Å². The number of carbonyl (C=O) groups excluding carboxylic acids is 1. The fourth-order valence-corrected chi connectivity index (χ4v) is 2.78. The van der Waals surface area contributed by atoms with Crippen molar-refractivity contribution in [3.63, 3.8) is 0 Å². The van der Waals surface area contributed by atoms with Crippen molar-refractivity contribution < 1.29 is 9.53 Å². The Kier molecular flexibility index (Phi) is 2.12. The summed E-state index contributed by atoms with van der Waals surface area (Å²) in [4.78, 5) is 17.7. The van der Waals surface area contributed by atoms with Gasteiger partial charge in [-0.05, 0) is 35.7 Å². The van der Waals surface area contributed by atoms with E-state index in [-0.39, 0.29) is 12.5 Å². The van der Waals surface area contributed by atoms with Crippen LogP contribution in [0.3, 0.4) is 0 Å². The number of pyridine rings is 1. The summed E-state index contributed by atoms with van der Waals surface area (Å²) in [6.07, 6.45) is 4.50. The van der Waals surface area contributed by atoms with Crippen LogP contribution in [0.25, 0.3) is 11.1 Å². The maximum Gasteiger partial charge on any atom is 0.265 e. The molecule has 3 heterocycles. The number of benzene rings is 1. The molecule has 0 aliphatic carbocycles. The molecule has 2 aliphatic heterocycles. The van der Waals surface area contributed by atoms with Gasteiger partial charge in [-0.3, -0.25) is 9.78 Å².